The lowest BCUT2D eigenvalue weighted by molar-refractivity contribution is -0.133. The molecule has 1 aromatic heterocycles. The van der Waals surface area contributed by atoms with Crippen LogP contribution in [0.4, 0.5) is 10.5 Å². The van der Waals surface area contributed by atoms with Gasteiger partial charge < -0.3 is 10.6 Å². The number of thiazole rings is 1. The fraction of sp³-hybridized carbons (Fsp3) is 0.182. The van der Waals surface area contributed by atoms with Crippen molar-refractivity contribution in [2.75, 3.05) is 11.9 Å². The first-order valence-corrected chi connectivity index (χ1v) is 11.2. The average Bonchev–Trinajstić information content (AvgIpc) is 3.26. The number of benzene rings is 2. The Morgan fingerprint density at radius 1 is 1.23 bits per heavy atom. The third-order valence-electron chi connectivity index (χ3n) is 5.04. The molecule has 2 N–H and O–H groups in total. The third-order valence-corrected chi connectivity index (χ3v) is 6.31. The molecule has 2 heterocycles. The van der Waals surface area contributed by atoms with Gasteiger partial charge in [-0.1, -0.05) is 40.2 Å². The van der Waals surface area contributed by atoms with Crippen LogP contribution in [0.2, 0.25) is 0 Å². The molecule has 4 amide bonds. The van der Waals surface area contributed by atoms with Gasteiger partial charge in [0.1, 0.15) is 12.1 Å². The van der Waals surface area contributed by atoms with Crippen LogP contribution in [-0.4, -0.2) is 34.3 Å². The predicted octanol–water partition coefficient (Wildman–Crippen LogP) is 4.29. The fourth-order valence-electron chi connectivity index (χ4n) is 3.43. The van der Waals surface area contributed by atoms with Crippen LogP contribution in [0.3, 0.4) is 0 Å². The molecule has 0 aliphatic carbocycles. The SMILES string of the molecule is Cc1nc(-c2cccc(NC(=O)CN3C(=O)N[C@@](C)(c4cccc(Br)c4)C3=O)c2)cs1. The Bertz CT molecular complexity index is 1190. The van der Waals surface area contributed by atoms with E-state index in [0.717, 1.165) is 25.6 Å². The van der Waals surface area contributed by atoms with Gasteiger partial charge >= 0.3 is 6.03 Å². The van der Waals surface area contributed by atoms with Gasteiger partial charge in [-0.15, -0.1) is 11.3 Å². The summed E-state index contributed by atoms with van der Waals surface area (Å²) in [5.41, 5.74) is 1.67. The highest BCUT2D eigenvalue weighted by atomic mass is 79.9. The molecular formula is C22H19BrN4O3S. The Morgan fingerprint density at radius 3 is 2.71 bits per heavy atom. The molecule has 4 rings (SSSR count). The van der Waals surface area contributed by atoms with E-state index < -0.39 is 23.4 Å². The molecule has 7 nitrogen and oxygen atoms in total. The second-order valence-corrected chi connectivity index (χ2v) is 9.32. The molecule has 0 radical (unpaired) electrons. The van der Waals surface area contributed by atoms with Gasteiger partial charge in [0.15, 0.2) is 0 Å². The molecule has 9 heteroatoms. The number of urea groups is 1. The van der Waals surface area contributed by atoms with Gasteiger partial charge in [0.05, 0.1) is 10.7 Å². The van der Waals surface area contributed by atoms with Crippen molar-refractivity contribution in [2.45, 2.75) is 19.4 Å². The maximum absolute atomic E-state index is 13.0. The Kier molecular flexibility index (Phi) is 5.63. The lowest BCUT2D eigenvalue weighted by Crippen LogP contribution is -2.42. The second-order valence-electron chi connectivity index (χ2n) is 7.34. The molecule has 1 saturated heterocycles. The zero-order chi connectivity index (χ0) is 22.2. The smallest absolute Gasteiger partial charge is 0.325 e. The number of imide groups is 1. The number of aromatic nitrogens is 1. The number of anilines is 1. The molecule has 1 aliphatic heterocycles. The fourth-order valence-corrected chi connectivity index (χ4v) is 4.45. The van der Waals surface area contributed by atoms with E-state index >= 15 is 0 Å². The summed E-state index contributed by atoms with van der Waals surface area (Å²) >= 11 is 4.93. The van der Waals surface area contributed by atoms with Crippen LogP contribution < -0.4 is 10.6 Å². The standard InChI is InChI=1S/C22H19BrN4O3S/c1-13-24-18(12-31-13)14-5-3-8-17(9-14)25-19(28)11-27-20(29)22(2,26-21(27)30)15-6-4-7-16(23)10-15/h3-10,12H,11H2,1-2H3,(H,25,28)(H,26,30)/t22-/m0/s1. The molecular weight excluding hydrogens is 480 g/mol. The minimum Gasteiger partial charge on any atom is -0.325 e. The number of amides is 4. The van der Waals surface area contributed by atoms with Crippen LogP contribution in [-0.2, 0) is 15.1 Å². The largest absolute Gasteiger partial charge is 0.325 e. The highest BCUT2D eigenvalue weighted by molar-refractivity contribution is 9.10. The lowest BCUT2D eigenvalue weighted by Gasteiger charge is -2.22. The number of carbonyl (C=O) groups excluding carboxylic acids is 3. The molecule has 0 unspecified atom stereocenters. The molecule has 3 aromatic rings. The number of nitrogens with one attached hydrogen (secondary N) is 2. The summed E-state index contributed by atoms with van der Waals surface area (Å²) in [6.45, 7) is 3.18. The van der Waals surface area contributed by atoms with E-state index in [1.54, 1.807) is 42.5 Å². The molecule has 2 aromatic carbocycles. The Hall–Kier alpha value is -3.04. The van der Waals surface area contributed by atoms with Crippen LogP contribution in [0.5, 0.6) is 0 Å². The molecule has 0 spiro atoms. The zero-order valence-corrected chi connectivity index (χ0v) is 19.2. The molecule has 1 atom stereocenters. The maximum atomic E-state index is 13.0. The topological polar surface area (TPSA) is 91.4 Å². The van der Waals surface area contributed by atoms with Crippen molar-refractivity contribution in [3.05, 3.63) is 69.0 Å². The summed E-state index contributed by atoms with van der Waals surface area (Å²) in [4.78, 5) is 43.5. The van der Waals surface area contributed by atoms with Gasteiger partial charge in [-0.2, -0.15) is 0 Å². The summed E-state index contributed by atoms with van der Waals surface area (Å²) in [6.07, 6.45) is 0. The highest BCUT2D eigenvalue weighted by Gasteiger charge is 2.49. The van der Waals surface area contributed by atoms with Crippen molar-refractivity contribution >= 4 is 50.8 Å². The van der Waals surface area contributed by atoms with Crippen molar-refractivity contribution in [2.24, 2.45) is 0 Å². The van der Waals surface area contributed by atoms with Gasteiger partial charge in [0.25, 0.3) is 5.91 Å². The van der Waals surface area contributed by atoms with E-state index in [-0.39, 0.29) is 6.54 Å². The van der Waals surface area contributed by atoms with E-state index in [0.29, 0.717) is 11.3 Å². The molecule has 31 heavy (non-hydrogen) atoms. The summed E-state index contributed by atoms with van der Waals surface area (Å²) in [6, 6.07) is 13.8. The number of aryl methyl sites for hydroxylation is 1. The minimum absolute atomic E-state index is 0.381. The van der Waals surface area contributed by atoms with Gasteiger partial charge in [-0.25, -0.2) is 9.78 Å². The van der Waals surface area contributed by atoms with E-state index in [1.165, 1.54) is 0 Å². The average molecular weight is 499 g/mol. The molecule has 158 valence electrons. The molecule has 1 aliphatic rings. The monoisotopic (exact) mass is 498 g/mol. The zero-order valence-electron chi connectivity index (χ0n) is 16.8. The van der Waals surface area contributed by atoms with Gasteiger partial charge in [0.2, 0.25) is 5.91 Å². The highest BCUT2D eigenvalue weighted by Crippen LogP contribution is 2.30. The summed E-state index contributed by atoms with van der Waals surface area (Å²) in [5.74, 6) is -0.939. The summed E-state index contributed by atoms with van der Waals surface area (Å²) in [7, 11) is 0. The number of hydrogen-bond donors (Lipinski definition) is 2. The Morgan fingerprint density at radius 2 is 2.00 bits per heavy atom. The van der Waals surface area contributed by atoms with Crippen molar-refractivity contribution in [1.82, 2.24) is 15.2 Å². The molecule has 0 bridgehead atoms. The van der Waals surface area contributed by atoms with E-state index in [9.17, 15) is 14.4 Å². The van der Waals surface area contributed by atoms with Crippen LogP contribution >= 0.6 is 27.3 Å². The van der Waals surface area contributed by atoms with Gasteiger partial charge in [-0.05, 0) is 43.7 Å². The maximum Gasteiger partial charge on any atom is 0.325 e. The van der Waals surface area contributed by atoms with Crippen LogP contribution in [0.1, 0.15) is 17.5 Å². The number of carbonyl (C=O) groups is 3. The van der Waals surface area contributed by atoms with Crippen molar-refractivity contribution < 1.29 is 14.4 Å². The van der Waals surface area contributed by atoms with Crippen LogP contribution in [0, 0.1) is 6.92 Å². The van der Waals surface area contributed by atoms with Crippen molar-refractivity contribution in [3.63, 3.8) is 0 Å². The van der Waals surface area contributed by atoms with E-state index in [4.69, 9.17) is 0 Å². The van der Waals surface area contributed by atoms with Crippen LogP contribution in [0.15, 0.2) is 58.4 Å². The quantitative estimate of drug-likeness (QED) is 0.513. The number of rotatable bonds is 5. The predicted molar refractivity (Wildman–Crippen MR) is 123 cm³/mol. The van der Waals surface area contributed by atoms with Crippen molar-refractivity contribution in [3.8, 4) is 11.3 Å². The normalized spacial score (nSPS) is 18.2. The Labute approximate surface area is 191 Å². The third kappa shape index (κ3) is 4.24. The van der Waals surface area contributed by atoms with Crippen molar-refractivity contribution in [1.29, 1.82) is 0 Å². The Balaban J connectivity index is 1.48. The first-order valence-electron chi connectivity index (χ1n) is 9.49. The first kappa shape index (κ1) is 21.2. The summed E-state index contributed by atoms with van der Waals surface area (Å²) in [5, 5.41) is 8.37. The number of nitrogens with zero attached hydrogens (tertiary/aromatic N) is 2. The number of hydrogen-bond acceptors (Lipinski definition) is 5. The number of halogens is 1. The second kappa shape index (κ2) is 8.24. The van der Waals surface area contributed by atoms with Gasteiger partial charge in [-0.3, -0.25) is 14.5 Å². The van der Waals surface area contributed by atoms with Crippen LogP contribution in [0.25, 0.3) is 11.3 Å². The van der Waals surface area contributed by atoms with E-state index in [2.05, 4.69) is 31.5 Å². The van der Waals surface area contributed by atoms with Gasteiger partial charge in [0, 0.05) is 21.1 Å². The molecule has 0 saturated carbocycles. The summed E-state index contributed by atoms with van der Waals surface area (Å²) < 4.78 is 0.791. The van der Waals surface area contributed by atoms with E-state index in [1.807, 2.05) is 36.6 Å². The molecule has 1 fully saturated rings. The lowest BCUT2D eigenvalue weighted by atomic mass is 9.92. The first-order chi connectivity index (χ1) is 14.8. The minimum atomic E-state index is -1.23.